The van der Waals surface area contributed by atoms with Crippen LogP contribution in [0.1, 0.15) is 46.0 Å². The van der Waals surface area contributed by atoms with Crippen molar-refractivity contribution >= 4 is 23.6 Å². The highest BCUT2D eigenvalue weighted by Gasteiger charge is 2.31. The molecule has 9 nitrogen and oxygen atoms in total. The summed E-state index contributed by atoms with van der Waals surface area (Å²) in [6, 6.07) is 0. The van der Waals surface area contributed by atoms with Gasteiger partial charge in [-0.25, -0.2) is 4.99 Å². The second-order valence-corrected chi connectivity index (χ2v) is 9.74. The minimum absolute atomic E-state index is 0.0334. The van der Waals surface area contributed by atoms with E-state index in [1.165, 1.54) is 0 Å². The van der Waals surface area contributed by atoms with Crippen molar-refractivity contribution in [3.8, 4) is 0 Å². The third-order valence-electron chi connectivity index (χ3n) is 6.93. The highest BCUT2D eigenvalue weighted by atomic mass is 16.5. The Kier molecular flexibility index (Phi) is 9.63. The highest BCUT2D eigenvalue weighted by molar-refractivity contribution is 5.88. The third-order valence-corrected chi connectivity index (χ3v) is 6.93. The van der Waals surface area contributed by atoms with Gasteiger partial charge in [0.1, 0.15) is 12.4 Å². The summed E-state index contributed by atoms with van der Waals surface area (Å²) >= 11 is 0. The Bertz CT molecular complexity index is 1060. The van der Waals surface area contributed by atoms with Crippen molar-refractivity contribution in [2.45, 2.75) is 52.2 Å². The fourth-order valence-electron chi connectivity index (χ4n) is 4.35. The number of nitrogens with two attached hydrogens (primary N) is 1. The van der Waals surface area contributed by atoms with Gasteiger partial charge in [0.2, 0.25) is 17.7 Å². The lowest BCUT2D eigenvalue weighted by Gasteiger charge is -2.36. The number of amidine groups is 1. The van der Waals surface area contributed by atoms with E-state index in [0.29, 0.717) is 48.7 Å². The molecule has 200 valence electrons. The number of nitrogens with one attached hydrogen (secondary N) is 1. The normalized spacial score (nSPS) is 20.9. The third kappa shape index (κ3) is 7.76. The summed E-state index contributed by atoms with van der Waals surface area (Å²) in [4.78, 5) is 44.6. The Hall–Kier alpha value is -3.46. The van der Waals surface area contributed by atoms with Crippen LogP contribution in [0.3, 0.4) is 0 Å². The van der Waals surface area contributed by atoms with Crippen LogP contribution in [-0.2, 0) is 19.1 Å². The number of ether oxygens (including phenoxy) is 1. The molecule has 3 N–H and O–H groups in total. The van der Waals surface area contributed by atoms with Crippen molar-refractivity contribution < 1.29 is 19.1 Å². The number of carbonyl (C=O) groups excluding carboxylic acids is 3. The molecule has 1 atom stereocenters. The molecule has 0 aromatic carbocycles. The van der Waals surface area contributed by atoms with E-state index in [2.05, 4.69) is 23.5 Å². The molecule has 1 saturated carbocycles. The van der Waals surface area contributed by atoms with Crippen LogP contribution in [-0.4, -0.2) is 66.3 Å². The van der Waals surface area contributed by atoms with Crippen molar-refractivity contribution in [3.05, 3.63) is 60.0 Å². The van der Waals surface area contributed by atoms with E-state index in [1.807, 2.05) is 43.1 Å². The van der Waals surface area contributed by atoms with E-state index in [1.54, 1.807) is 12.0 Å². The van der Waals surface area contributed by atoms with Gasteiger partial charge in [0.25, 0.3) is 0 Å². The molecular formula is C28H39N5O4. The number of carbonyl (C=O) groups is 3. The largest absolute Gasteiger partial charge is 0.369 e. The number of amides is 3. The summed E-state index contributed by atoms with van der Waals surface area (Å²) in [5.41, 5.74) is 8.35. The minimum Gasteiger partial charge on any atom is -0.369 e. The molecule has 0 radical (unpaired) electrons. The first-order chi connectivity index (χ1) is 17.6. The van der Waals surface area contributed by atoms with Gasteiger partial charge in [0, 0.05) is 37.7 Å². The molecule has 1 unspecified atom stereocenters. The van der Waals surface area contributed by atoms with E-state index < -0.39 is 6.23 Å². The van der Waals surface area contributed by atoms with Gasteiger partial charge >= 0.3 is 0 Å². The first kappa shape index (κ1) is 28.1. The number of nitrogens with zero attached hydrogens (tertiary/aromatic N) is 3. The van der Waals surface area contributed by atoms with E-state index >= 15 is 0 Å². The van der Waals surface area contributed by atoms with E-state index in [4.69, 9.17) is 10.5 Å². The summed E-state index contributed by atoms with van der Waals surface area (Å²) in [5, 5.41) is 2.86. The zero-order chi connectivity index (χ0) is 27.1. The van der Waals surface area contributed by atoms with Crippen LogP contribution in [0.25, 0.3) is 0 Å². The summed E-state index contributed by atoms with van der Waals surface area (Å²) in [6.45, 7) is 13.1. The molecule has 3 aliphatic rings. The molecule has 3 rings (SSSR count). The number of aliphatic imine (C=N–C) groups is 1. The number of methoxy groups -OCH3 is 1. The lowest BCUT2D eigenvalue weighted by Crippen LogP contribution is -2.50. The maximum absolute atomic E-state index is 12.9. The molecule has 2 heterocycles. The molecule has 3 amide bonds. The first-order valence-corrected chi connectivity index (χ1v) is 12.8. The van der Waals surface area contributed by atoms with Gasteiger partial charge < -0.3 is 25.6 Å². The second-order valence-electron chi connectivity index (χ2n) is 9.74. The first-order valence-electron chi connectivity index (χ1n) is 12.8. The molecular weight excluding hydrogens is 470 g/mol. The summed E-state index contributed by atoms with van der Waals surface area (Å²) in [7, 11) is 1.59. The fourth-order valence-corrected chi connectivity index (χ4v) is 4.35. The van der Waals surface area contributed by atoms with Gasteiger partial charge in [-0.1, -0.05) is 32.2 Å². The molecule has 1 saturated heterocycles. The number of hydrogen-bond acceptors (Lipinski definition) is 6. The fraction of sp³-hybridized carbons (Fsp3) is 0.500. The van der Waals surface area contributed by atoms with E-state index in [9.17, 15) is 14.4 Å². The lowest BCUT2D eigenvalue weighted by atomic mass is 9.96. The Balaban J connectivity index is 1.60. The van der Waals surface area contributed by atoms with Crippen molar-refractivity contribution in [2.75, 3.05) is 26.7 Å². The Labute approximate surface area is 219 Å². The molecule has 2 aliphatic heterocycles. The Morgan fingerprint density at radius 3 is 2.41 bits per heavy atom. The Morgan fingerprint density at radius 1 is 1.16 bits per heavy atom. The smallest absolute Gasteiger partial charge is 0.242 e. The molecule has 9 heteroatoms. The van der Waals surface area contributed by atoms with Crippen LogP contribution in [0.2, 0.25) is 0 Å². The van der Waals surface area contributed by atoms with Crippen LogP contribution in [0, 0.1) is 11.8 Å². The quantitative estimate of drug-likeness (QED) is 0.416. The predicted molar refractivity (Wildman–Crippen MR) is 144 cm³/mol. The van der Waals surface area contributed by atoms with Crippen molar-refractivity contribution in [1.82, 2.24) is 15.1 Å². The van der Waals surface area contributed by atoms with Crippen molar-refractivity contribution in [3.63, 3.8) is 0 Å². The number of hydrogen-bond donors (Lipinski definition) is 2. The summed E-state index contributed by atoms with van der Waals surface area (Å²) in [6.07, 6.45) is 10.9. The van der Waals surface area contributed by atoms with Crippen LogP contribution >= 0.6 is 0 Å². The van der Waals surface area contributed by atoms with Crippen molar-refractivity contribution in [1.29, 1.82) is 0 Å². The number of likely N-dealkylation sites (tertiary alicyclic amines) is 1. The number of piperidine rings is 1. The van der Waals surface area contributed by atoms with Crippen LogP contribution in [0.5, 0.6) is 0 Å². The van der Waals surface area contributed by atoms with Gasteiger partial charge in [-0.05, 0) is 62.3 Å². The van der Waals surface area contributed by atoms with Crippen LogP contribution in [0.4, 0.5) is 0 Å². The van der Waals surface area contributed by atoms with E-state index in [-0.39, 0.29) is 36.1 Å². The molecule has 37 heavy (non-hydrogen) atoms. The maximum Gasteiger partial charge on any atom is 0.242 e. The number of primary amides is 1. The van der Waals surface area contributed by atoms with Gasteiger partial charge in [0.05, 0.1) is 5.70 Å². The SMILES string of the molecule is C=C(/C=C(\C=C/C(=C)C1=CC(OC)N(CC(=O)N2CCC(C(N)=O)CC2)C(C)=N1)CC)NC(=O)C1CC1. The average Bonchev–Trinajstić information content (AvgIpc) is 3.73. The molecule has 2 fully saturated rings. The minimum atomic E-state index is -0.469. The standard InChI is InChI=1S/C28H39N5O4/c1-6-21(15-19(3)30-28(36)23-9-10-23)8-7-18(2)24-16-26(37-5)33(20(4)31-24)17-25(34)32-13-11-22(12-14-32)27(29)35/h7-8,15-16,22-23,26H,2-3,6,9-14,17H2,1,4-5H3,(H2,29,35)(H,30,36)/b8-7-,21-15-. The van der Waals surface area contributed by atoms with E-state index in [0.717, 1.165) is 24.8 Å². The summed E-state index contributed by atoms with van der Waals surface area (Å²) < 4.78 is 5.66. The van der Waals surface area contributed by atoms with Gasteiger partial charge in [-0.15, -0.1) is 0 Å². The van der Waals surface area contributed by atoms with Gasteiger partial charge in [0.15, 0.2) is 6.23 Å². The Morgan fingerprint density at radius 2 is 1.84 bits per heavy atom. The molecule has 1 aliphatic carbocycles. The zero-order valence-electron chi connectivity index (χ0n) is 22.2. The van der Waals surface area contributed by atoms with Crippen LogP contribution in [0.15, 0.2) is 65.0 Å². The molecule has 0 aromatic rings. The highest BCUT2D eigenvalue weighted by Crippen LogP contribution is 2.29. The lowest BCUT2D eigenvalue weighted by molar-refractivity contribution is -0.136. The van der Waals surface area contributed by atoms with Crippen LogP contribution < -0.4 is 11.1 Å². The van der Waals surface area contributed by atoms with Gasteiger partial charge in [-0.3, -0.25) is 14.4 Å². The van der Waals surface area contributed by atoms with Crippen molar-refractivity contribution in [2.24, 2.45) is 22.6 Å². The maximum atomic E-state index is 12.9. The zero-order valence-corrected chi connectivity index (χ0v) is 22.2. The number of rotatable bonds is 11. The monoisotopic (exact) mass is 509 g/mol. The second kappa shape index (κ2) is 12.7. The van der Waals surface area contributed by atoms with Gasteiger partial charge in [-0.2, -0.15) is 0 Å². The molecule has 0 bridgehead atoms. The number of allylic oxidation sites excluding steroid dienone is 4. The topological polar surface area (TPSA) is 117 Å². The molecule has 0 spiro atoms. The predicted octanol–water partition coefficient (Wildman–Crippen LogP) is 2.79. The summed E-state index contributed by atoms with van der Waals surface area (Å²) in [5.74, 6) is 0.308. The average molecular weight is 510 g/mol. The molecule has 0 aromatic heterocycles.